The molecule has 0 spiro atoms. The summed E-state index contributed by atoms with van der Waals surface area (Å²) in [6, 6.07) is 20.7. The van der Waals surface area contributed by atoms with Crippen LogP contribution in [-0.2, 0) is 6.54 Å². The van der Waals surface area contributed by atoms with Crippen molar-refractivity contribution >= 4 is 27.6 Å². The molecule has 0 aliphatic heterocycles. The number of nitrogens with zero attached hydrogens (tertiary/aromatic N) is 3. The van der Waals surface area contributed by atoms with E-state index in [2.05, 4.69) is 11.1 Å². The van der Waals surface area contributed by atoms with Gasteiger partial charge >= 0.3 is 0 Å². The van der Waals surface area contributed by atoms with E-state index < -0.39 is 0 Å². The van der Waals surface area contributed by atoms with E-state index in [4.69, 9.17) is 5.26 Å². The number of hydrogen-bond donors (Lipinski definition) is 0. The molecule has 0 saturated heterocycles. The van der Waals surface area contributed by atoms with E-state index in [0.717, 1.165) is 21.8 Å². The van der Waals surface area contributed by atoms with Crippen LogP contribution in [0.1, 0.15) is 15.9 Å². The van der Waals surface area contributed by atoms with Gasteiger partial charge in [-0.25, -0.2) is 4.98 Å². The standard InChI is InChI=1S/C21H14N3O.BrH/c22-13-15-5-7-16(8-6-15)19(25)14-24-12-2-4-18-10-9-17-3-1-11-23-20(17)21(18)24;/h1-12H,14H2;1H/q+1;/p-1. The number of pyridine rings is 2. The highest BCUT2D eigenvalue weighted by molar-refractivity contribution is 6.01. The average Bonchev–Trinajstić information content (AvgIpc) is 2.68. The maximum Gasteiger partial charge on any atom is 0.239 e. The molecule has 4 rings (SSSR count). The van der Waals surface area contributed by atoms with Crippen LogP contribution in [0.4, 0.5) is 0 Å². The van der Waals surface area contributed by atoms with Crippen molar-refractivity contribution in [3.63, 3.8) is 0 Å². The van der Waals surface area contributed by atoms with Crippen molar-refractivity contribution in [3.8, 4) is 6.07 Å². The van der Waals surface area contributed by atoms with Crippen LogP contribution in [0, 0.1) is 11.3 Å². The molecule has 0 aliphatic rings. The lowest BCUT2D eigenvalue weighted by atomic mass is 10.1. The summed E-state index contributed by atoms with van der Waals surface area (Å²) < 4.78 is 1.94. The number of benzene rings is 2. The van der Waals surface area contributed by atoms with Gasteiger partial charge in [0.25, 0.3) is 0 Å². The van der Waals surface area contributed by atoms with Gasteiger partial charge in [-0.15, -0.1) is 0 Å². The largest absolute Gasteiger partial charge is 1.00 e. The SMILES string of the molecule is N#Cc1ccc(C(=O)C[n+]2cccc3ccc4cccnc4c32)cc1.[Br-]. The van der Waals surface area contributed by atoms with Crippen molar-refractivity contribution in [2.45, 2.75) is 6.54 Å². The highest BCUT2D eigenvalue weighted by atomic mass is 79.9. The van der Waals surface area contributed by atoms with Gasteiger partial charge in [0.15, 0.2) is 6.20 Å². The number of hydrogen-bond acceptors (Lipinski definition) is 3. The second-order valence-electron chi connectivity index (χ2n) is 5.83. The number of carbonyl (C=O) groups is 1. The van der Waals surface area contributed by atoms with Crippen LogP contribution in [0.3, 0.4) is 0 Å². The lowest BCUT2D eigenvalue weighted by Gasteiger charge is -2.04. The number of rotatable bonds is 3. The molecule has 4 nitrogen and oxygen atoms in total. The molecule has 0 aliphatic carbocycles. The van der Waals surface area contributed by atoms with Crippen molar-refractivity contribution in [3.05, 3.63) is 84.2 Å². The predicted octanol–water partition coefficient (Wildman–Crippen LogP) is 0.434. The van der Waals surface area contributed by atoms with E-state index >= 15 is 0 Å². The number of aromatic nitrogens is 2. The first-order valence-corrected chi connectivity index (χ1v) is 7.95. The molecule has 0 radical (unpaired) electrons. The fourth-order valence-corrected chi connectivity index (χ4v) is 3.02. The van der Waals surface area contributed by atoms with Crippen LogP contribution in [0.2, 0.25) is 0 Å². The van der Waals surface area contributed by atoms with E-state index in [0.29, 0.717) is 11.1 Å². The topological polar surface area (TPSA) is 57.6 Å². The fraction of sp³-hybridized carbons (Fsp3) is 0.0476. The molecule has 0 bridgehead atoms. The van der Waals surface area contributed by atoms with Crippen LogP contribution in [-0.4, -0.2) is 10.8 Å². The summed E-state index contributed by atoms with van der Waals surface area (Å²) in [5.41, 5.74) is 2.97. The van der Waals surface area contributed by atoms with Crippen LogP contribution in [0.15, 0.2) is 73.1 Å². The Morgan fingerprint density at radius 1 is 1.00 bits per heavy atom. The highest BCUT2D eigenvalue weighted by Crippen LogP contribution is 2.20. The molecule has 5 heteroatoms. The molecule has 2 aromatic carbocycles. The number of ketones is 1. The summed E-state index contributed by atoms with van der Waals surface area (Å²) in [5.74, 6) is -0.00470. The van der Waals surface area contributed by atoms with E-state index in [1.54, 1.807) is 30.5 Å². The van der Waals surface area contributed by atoms with Crippen LogP contribution in [0.25, 0.3) is 21.8 Å². The molecular formula is C21H14BrN3O. The van der Waals surface area contributed by atoms with Crippen molar-refractivity contribution in [1.29, 1.82) is 5.26 Å². The zero-order chi connectivity index (χ0) is 17.2. The van der Waals surface area contributed by atoms with E-state index in [9.17, 15) is 4.79 Å². The number of fused-ring (bicyclic) bond motifs is 3. The summed E-state index contributed by atoms with van der Waals surface area (Å²) in [4.78, 5) is 17.2. The van der Waals surface area contributed by atoms with Gasteiger partial charge in [-0.05, 0) is 42.5 Å². The molecule has 126 valence electrons. The van der Waals surface area contributed by atoms with Gasteiger partial charge in [0.1, 0.15) is 5.52 Å². The van der Waals surface area contributed by atoms with Crippen LogP contribution in [0.5, 0.6) is 0 Å². The van der Waals surface area contributed by atoms with Crippen molar-refractivity contribution in [1.82, 2.24) is 4.98 Å². The number of Topliss-reactive ketones (excluding diaryl/α,β-unsaturated/α-hetero) is 1. The monoisotopic (exact) mass is 403 g/mol. The first-order valence-electron chi connectivity index (χ1n) is 7.95. The molecule has 2 aromatic heterocycles. The van der Waals surface area contributed by atoms with Gasteiger partial charge in [0, 0.05) is 28.6 Å². The Balaban J connectivity index is 0.00000196. The molecule has 0 atom stereocenters. The van der Waals surface area contributed by atoms with E-state index in [-0.39, 0.29) is 29.3 Å². The van der Waals surface area contributed by atoms with Gasteiger partial charge in [-0.1, -0.05) is 12.1 Å². The van der Waals surface area contributed by atoms with Crippen molar-refractivity contribution in [2.75, 3.05) is 0 Å². The molecule has 0 saturated carbocycles. The summed E-state index contributed by atoms with van der Waals surface area (Å²) in [6.07, 6.45) is 3.67. The third-order valence-electron chi connectivity index (χ3n) is 4.26. The van der Waals surface area contributed by atoms with Gasteiger partial charge in [-0.2, -0.15) is 9.83 Å². The zero-order valence-corrected chi connectivity index (χ0v) is 15.3. The van der Waals surface area contributed by atoms with Gasteiger partial charge in [0.2, 0.25) is 17.8 Å². The summed E-state index contributed by atoms with van der Waals surface area (Å²) in [7, 11) is 0. The summed E-state index contributed by atoms with van der Waals surface area (Å²) in [6.45, 7) is 0.221. The third-order valence-corrected chi connectivity index (χ3v) is 4.26. The first-order chi connectivity index (χ1) is 12.3. The minimum absolute atomic E-state index is 0. The highest BCUT2D eigenvalue weighted by Gasteiger charge is 2.18. The van der Waals surface area contributed by atoms with Crippen LogP contribution < -0.4 is 21.5 Å². The predicted molar refractivity (Wildman–Crippen MR) is 94.9 cm³/mol. The number of carbonyl (C=O) groups excluding carboxylic acids is 1. The van der Waals surface area contributed by atoms with Crippen molar-refractivity contribution in [2.24, 2.45) is 0 Å². The molecular weight excluding hydrogens is 390 g/mol. The zero-order valence-electron chi connectivity index (χ0n) is 13.8. The Morgan fingerprint density at radius 3 is 2.50 bits per heavy atom. The average molecular weight is 404 g/mol. The van der Waals surface area contributed by atoms with Gasteiger partial charge in [-0.3, -0.25) is 4.79 Å². The molecule has 0 amide bonds. The maximum absolute atomic E-state index is 12.7. The number of halogens is 1. The van der Waals surface area contributed by atoms with E-state index in [1.165, 1.54) is 0 Å². The smallest absolute Gasteiger partial charge is 0.239 e. The van der Waals surface area contributed by atoms with Crippen LogP contribution >= 0.6 is 0 Å². The second-order valence-corrected chi connectivity index (χ2v) is 5.83. The Bertz CT molecular complexity index is 1150. The lowest BCUT2D eigenvalue weighted by Crippen LogP contribution is -3.00. The molecule has 2 heterocycles. The Labute approximate surface area is 161 Å². The molecule has 4 aromatic rings. The quantitative estimate of drug-likeness (QED) is 0.283. The molecule has 26 heavy (non-hydrogen) atoms. The Kier molecular flexibility index (Phi) is 5.06. The minimum atomic E-state index is -0.00470. The summed E-state index contributed by atoms with van der Waals surface area (Å²) >= 11 is 0. The molecule has 0 N–H and O–H groups in total. The van der Waals surface area contributed by atoms with E-state index in [1.807, 2.05) is 47.2 Å². The number of nitriles is 1. The maximum atomic E-state index is 12.7. The minimum Gasteiger partial charge on any atom is -1.00 e. The molecule has 0 unspecified atom stereocenters. The van der Waals surface area contributed by atoms with Gasteiger partial charge < -0.3 is 17.0 Å². The molecule has 0 fully saturated rings. The summed E-state index contributed by atoms with van der Waals surface area (Å²) in [5, 5.41) is 11.0. The second kappa shape index (κ2) is 7.42. The Hall–Kier alpha value is -3.10. The first kappa shape index (κ1) is 17.7. The van der Waals surface area contributed by atoms with Crippen molar-refractivity contribution < 1.29 is 26.3 Å². The Morgan fingerprint density at radius 2 is 1.73 bits per heavy atom. The third kappa shape index (κ3) is 3.19. The fourth-order valence-electron chi connectivity index (χ4n) is 3.02. The lowest BCUT2D eigenvalue weighted by molar-refractivity contribution is -0.656. The normalized spacial score (nSPS) is 10.3. The van der Waals surface area contributed by atoms with Gasteiger partial charge in [0.05, 0.1) is 11.6 Å².